The summed E-state index contributed by atoms with van der Waals surface area (Å²) in [6.07, 6.45) is 10.5. The number of pyridine rings is 1. The molecule has 1 N–H and O–H groups in total. The van der Waals surface area contributed by atoms with Gasteiger partial charge in [-0.2, -0.15) is 0 Å². The number of carboxylic acids is 1. The van der Waals surface area contributed by atoms with Gasteiger partial charge in [0.2, 0.25) is 0 Å². The van der Waals surface area contributed by atoms with Gasteiger partial charge < -0.3 is 19.2 Å². The zero-order valence-corrected chi connectivity index (χ0v) is 20.5. The van der Waals surface area contributed by atoms with Crippen LogP contribution in [0.5, 0.6) is 5.75 Å². The Kier molecular flexibility index (Phi) is 8.82. The lowest BCUT2D eigenvalue weighted by atomic mass is 9.80. The minimum Gasteiger partial charge on any atom is -0.497 e. The SMILES string of the molecule is COc1ccc2nccc(CCC[C@@H]3CCN(CCCSc4ncco4)C[C@@H]3CC(=O)O)c2c1. The number of fused-ring (bicyclic) bond motifs is 1. The van der Waals surface area contributed by atoms with Crippen LogP contribution in [0.4, 0.5) is 0 Å². The van der Waals surface area contributed by atoms with Crippen molar-refractivity contribution in [3.05, 3.63) is 48.5 Å². The number of carbonyl (C=O) groups is 1. The second-order valence-corrected chi connectivity index (χ2v) is 10.00. The molecular formula is C26H33N3O4S. The number of aryl methyl sites for hydroxylation is 1. The van der Waals surface area contributed by atoms with Crippen molar-refractivity contribution in [2.75, 3.05) is 32.5 Å². The van der Waals surface area contributed by atoms with E-state index < -0.39 is 5.97 Å². The number of aliphatic carboxylic acids is 1. The molecule has 1 aliphatic rings. The van der Waals surface area contributed by atoms with Crippen LogP contribution in [0.25, 0.3) is 10.9 Å². The number of ether oxygens (including phenoxy) is 1. The van der Waals surface area contributed by atoms with Gasteiger partial charge >= 0.3 is 5.97 Å². The molecule has 34 heavy (non-hydrogen) atoms. The van der Waals surface area contributed by atoms with E-state index in [2.05, 4.69) is 27.0 Å². The molecule has 1 aliphatic heterocycles. The first-order valence-electron chi connectivity index (χ1n) is 12.0. The Labute approximate surface area is 204 Å². The Morgan fingerprint density at radius 1 is 1.24 bits per heavy atom. The van der Waals surface area contributed by atoms with E-state index in [0.29, 0.717) is 11.1 Å². The first kappa shape index (κ1) is 24.5. The van der Waals surface area contributed by atoms with Gasteiger partial charge in [-0.1, -0.05) is 11.8 Å². The van der Waals surface area contributed by atoms with Crippen molar-refractivity contribution >= 4 is 28.6 Å². The molecule has 0 bridgehead atoms. The van der Waals surface area contributed by atoms with Gasteiger partial charge in [-0.25, -0.2) is 4.98 Å². The molecule has 1 aromatic carbocycles. The molecule has 2 atom stereocenters. The fourth-order valence-corrected chi connectivity index (χ4v) is 5.71. The van der Waals surface area contributed by atoms with Crippen LogP contribution in [-0.4, -0.2) is 58.4 Å². The third-order valence-electron chi connectivity index (χ3n) is 6.73. The summed E-state index contributed by atoms with van der Waals surface area (Å²) in [6, 6.07) is 8.09. The molecule has 0 saturated carbocycles. The summed E-state index contributed by atoms with van der Waals surface area (Å²) in [5.41, 5.74) is 2.26. The Bertz CT molecular complexity index is 1060. The molecule has 0 amide bonds. The van der Waals surface area contributed by atoms with E-state index in [1.165, 1.54) is 5.56 Å². The summed E-state index contributed by atoms with van der Waals surface area (Å²) in [7, 11) is 1.68. The number of benzene rings is 1. The van der Waals surface area contributed by atoms with Crippen LogP contribution >= 0.6 is 11.8 Å². The quantitative estimate of drug-likeness (QED) is 0.279. The number of thioether (sulfide) groups is 1. The smallest absolute Gasteiger partial charge is 0.303 e. The zero-order valence-electron chi connectivity index (χ0n) is 19.7. The Morgan fingerprint density at radius 2 is 2.15 bits per heavy atom. The van der Waals surface area contributed by atoms with Gasteiger partial charge in [0.1, 0.15) is 12.0 Å². The van der Waals surface area contributed by atoms with Crippen molar-refractivity contribution in [2.24, 2.45) is 11.8 Å². The average molecular weight is 484 g/mol. The molecule has 182 valence electrons. The van der Waals surface area contributed by atoms with Crippen LogP contribution in [0.15, 0.2) is 52.6 Å². The van der Waals surface area contributed by atoms with E-state index in [9.17, 15) is 9.90 Å². The fraction of sp³-hybridized carbons (Fsp3) is 0.500. The van der Waals surface area contributed by atoms with Crippen molar-refractivity contribution in [2.45, 2.75) is 43.7 Å². The van der Waals surface area contributed by atoms with Crippen molar-refractivity contribution in [3.8, 4) is 5.75 Å². The summed E-state index contributed by atoms with van der Waals surface area (Å²) < 4.78 is 10.7. The molecule has 1 fully saturated rings. The van der Waals surface area contributed by atoms with Crippen LogP contribution in [0.2, 0.25) is 0 Å². The standard InChI is InChI=1S/C26H33N3O4S/c1-32-22-6-7-24-23(17-22)20(8-10-27-24)5-2-4-19-9-13-29(18-21(19)16-25(30)31)12-3-15-34-26-28-11-14-33-26/h6-8,10-11,14,17,19,21H,2-5,9,12-13,15-16,18H2,1H3,(H,30,31)/t19-,21+/m1/s1. The number of hydrogen-bond donors (Lipinski definition) is 1. The number of hydrogen-bond acceptors (Lipinski definition) is 7. The maximum atomic E-state index is 11.6. The molecule has 0 radical (unpaired) electrons. The molecule has 8 heteroatoms. The first-order valence-corrected chi connectivity index (χ1v) is 13.0. The van der Waals surface area contributed by atoms with Gasteiger partial charge in [-0.3, -0.25) is 9.78 Å². The predicted molar refractivity (Wildman–Crippen MR) is 133 cm³/mol. The molecule has 2 aromatic heterocycles. The van der Waals surface area contributed by atoms with Gasteiger partial charge in [0, 0.05) is 30.3 Å². The predicted octanol–water partition coefficient (Wildman–Crippen LogP) is 5.15. The Balaban J connectivity index is 1.28. The number of methoxy groups -OCH3 is 1. The van der Waals surface area contributed by atoms with E-state index in [4.69, 9.17) is 9.15 Å². The highest BCUT2D eigenvalue weighted by atomic mass is 32.2. The Morgan fingerprint density at radius 3 is 2.94 bits per heavy atom. The van der Waals surface area contributed by atoms with Crippen LogP contribution in [-0.2, 0) is 11.2 Å². The number of nitrogens with zero attached hydrogens (tertiary/aromatic N) is 3. The molecule has 1 saturated heterocycles. The molecule has 0 spiro atoms. The molecule has 0 aliphatic carbocycles. The third-order valence-corrected chi connectivity index (χ3v) is 7.67. The van der Waals surface area contributed by atoms with Crippen LogP contribution in [0, 0.1) is 11.8 Å². The van der Waals surface area contributed by atoms with E-state index in [-0.39, 0.29) is 12.3 Å². The number of aromatic nitrogens is 2. The van der Waals surface area contributed by atoms with Crippen LogP contribution < -0.4 is 4.74 Å². The molecule has 4 rings (SSSR count). The van der Waals surface area contributed by atoms with E-state index >= 15 is 0 Å². The fourth-order valence-electron chi connectivity index (χ4n) is 5.01. The largest absolute Gasteiger partial charge is 0.497 e. The summed E-state index contributed by atoms with van der Waals surface area (Å²) in [5, 5.41) is 11.4. The normalized spacial score (nSPS) is 18.9. The Hall–Kier alpha value is -2.58. The lowest BCUT2D eigenvalue weighted by molar-refractivity contribution is -0.139. The highest BCUT2D eigenvalue weighted by Gasteiger charge is 2.30. The second kappa shape index (κ2) is 12.2. The maximum absolute atomic E-state index is 11.6. The summed E-state index contributed by atoms with van der Waals surface area (Å²) >= 11 is 1.63. The van der Waals surface area contributed by atoms with Gasteiger partial charge in [0.05, 0.1) is 18.8 Å². The molecule has 0 unspecified atom stereocenters. The monoisotopic (exact) mass is 483 g/mol. The highest BCUT2D eigenvalue weighted by molar-refractivity contribution is 7.99. The first-order chi connectivity index (χ1) is 16.6. The number of piperidine rings is 1. The van der Waals surface area contributed by atoms with Gasteiger partial charge in [0.15, 0.2) is 0 Å². The second-order valence-electron chi connectivity index (χ2n) is 8.95. The number of likely N-dealkylation sites (tertiary alicyclic amines) is 1. The zero-order chi connectivity index (χ0) is 23.8. The summed E-state index contributed by atoms with van der Waals surface area (Å²) in [6.45, 7) is 2.90. The van der Waals surface area contributed by atoms with E-state index in [1.54, 1.807) is 31.3 Å². The van der Waals surface area contributed by atoms with Crippen molar-refractivity contribution < 1.29 is 19.1 Å². The van der Waals surface area contributed by atoms with Crippen molar-refractivity contribution in [1.29, 1.82) is 0 Å². The molecule has 3 heterocycles. The molecule has 7 nitrogen and oxygen atoms in total. The van der Waals surface area contributed by atoms with Gasteiger partial charge in [-0.05, 0) is 86.9 Å². The topological polar surface area (TPSA) is 88.7 Å². The van der Waals surface area contributed by atoms with Crippen LogP contribution in [0.1, 0.15) is 37.7 Å². The lowest BCUT2D eigenvalue weighted by Gasteiger charge is -2.38. The number of carboxylic acid groups (broad SMARTS) is 1. The minimum absolute atomic E-state index is 0.208. The number of rotatable bonds is 12. The molecular weight excluding hydrogens is 450 g/mol. The van der Waals surface area contributed by atoms with Crippen LogP contribution in [0.3, 0.4) is 0 Å². The van der Waals surface area contributed by atoms with Gasteiger partial charge in [-0.15, -0.1) is 0 Å². The highest BCUT2D eigenvalue weighted by Crippen LogP contribution is 2.32. The minimum atomic E-state index is -0.691. The van der Waals surface area contributed by atoms with Crippen molar-refractivity contribution in [1.82, 2.24) is 14.9 Å². The molecule has 3 aromatic rings. The lowest BCUT2D eigenvalue weighted by Crippen LogP contribution is -2.41. The van der Waals surface area contributed by atoms with E-state index in [0.717, 1.165) is 74.1 Å². The average Bonchev–Trinajstić information content (AvgIpc) is 3.36. The maximum Gasteiger partial charge on any atom is 0.303 e. The third kappa shape index (κ3) is 6.73. The number of oxazole rings is 1. The summed E-state index contributed by atoms with van der Waals surface area (Å²) in [5.74, 6) is 1.77. The summed E-state index contributed by atoms with van der Waals surface area (Å²) in [4.78, 5) is 22.6. The van der Waals surface area contributed by atoms with E-state index in [1.807, 2.05) is 18.3 Å². The van der Waals surface area contributed by atoms with Gasteiger partial charge in [0.25, 0.3) is 5.22 Å². The van der Waals surface area contributed by atoms with Crippen molar-refractivity contribution in [3.63, 3.8) is 0 Å².